The van der Waals surface area contributed by atoms with E-state index in [1.54, 1.807) is 0 Å². The highest BCUT2D eigenvalue weighted by molar-refractivity contribution is 6.21. The predicted octanol–water partition coefficient (Wildman–Crippen LogP) is 3.64. The average Bonchev–Trinajstić information content (AvgIpc) is 2.82. The lowest BCUT2D eigenvalue weighted by molar-refractivity contribution is -0.121. The van der Waals surface area contributed by atoms with Gasteiger partial charge in [0.1, 0.15) is 0 Å². The molecule has 1 aliphatic rings. The normalized spacial score (nSPS) is 20.0. The van der Waals surface area contributed by atoms with E-state index < -0.39 is 0 Å². The maximum atomic E-state index is 12.2. The van der Waals surface area contributed by atoms with Crippen molar-refractivity contribution in [2.75, 3.05) is 0 Å². The zero-order chi connectivity index (χ0) is 14.7. The lowest BCUT2D eigenvalue weighted by Crippen LogP contribution is -2.31. The van der Waals surface area contributed by atoms with Crippen LogP contribution in [0.2, 0.25) is 0 Å². The monoisotopic (exact) mass is 299 g/mol. The Hall–Kier alpha value is -1.80. The summed E-state index contributed by atoms with van der Waals surface area (Å²) in [6.45, 7) is 0. The number of halogens is 1. The van der Waals surface area contributed by atoms with Crippen LogP contribution in [0.4, 0.5) is 0 Å². The maximum Gasteiger partial charge on any atom is 0.220 e. The summed E-state index contributed by atoms with van der Waals surface area (Å²) >= 11 is 6.39. The number of carbonyl (C=O) groups excluding carboxylic acids is 1. The molecule has 0 saturated carbocycles. The van der Waals surface area contributed by atoms with E-state index in [2.05, 4.69) is 17.4 Å². The standard InChI is InChI=1S/C18H18ClNO/c19-16-12-14-8-4-5-9-15(14)18(16)20-17(21)11-10-13-6-2-1-3-7-13/h1-9,16,18H,10-12H2,(H,20,21). The third-order valence-corrected chi connectivity index (χ3v) is 4.37. The number of aryl methyl sites for hydroxylation is 1. The first kappa shape index (κ1) is 14.2. The van der Waals surface area contributed by atoms with E-state index in [4.69, 9.17) is 11.6 Å². The molecule has 1 N–H and O–H groups in total. The second-order valence-corrected chi connectivity index (χ2v) is 6.01. The molecule has 0 fully saturated rings. The third kappa shape index (κ3) is 3.27. The van der Waals surface area contributed by atoms with Gasteiger partial charge < -0.3 is 5.32 Å². The molecule has 1 amide bonds. The van der Waals surface area contributed by atoms with Crippen LogP contribution >= 0.6 is 11.6 Å². The van der Waals surface area contributed by atoms with Crippen molar-refractivity contribution in [2.45, 2.75) is 30.7 Å². The van der Waals surface area contributed by atoms with Crippen LogP contribution in [-0.2, 0) is 17.6 Å². The summed E-state index contributed by atoms with van der Waals surface area (Å²) in [7, 11) is 0. The first-order valence-electron chi connectivity index (χ1n) is 7.29. The molecule has 3 heteroatoms. The molecule has 0 bridgehead atoms. The van der Waals surface area contributed by atoms with E-state index in [0.717, 1.165) is 18.4 Å². The molecule has 0 heterocycles. The van der Waals surface area contributed by atoms with Crippen molar-refractivity contribution in [2.24, 2.45) is 0 Å². The molecule has 108 valence electrons. The second-order valence-electron chi connectivity index (χ2n) is 5.45. The number of nitrogens with one attached hydrogen (secondary N) is 1. The van der Waals surface area contributed by atoms with Gasteiger partial charge in [0.05, 0.1) is 11.4 Å². The van der Waals surface area contributed by atoms with Gasteiger partial charge >= 0.3 is 0 Å². The Balaban J connectivity index is 1.60. The number of alkyl halides is 1. The van der Waals surface area contributed by atoms with E-state index >= 15 is 0 Å². The molecule has 0 aromatic heterocycles. The minimum atomic E-state index is -0.0638. The Labute approximate surface area is 130 Å². The molecule has 0 spiro atoms. The van der Waals surface area contributed by atoms with Gasteiger partial charge in [-0.05, 0) is 29.5 Å². The van der Waals surface area contributed by atoms with Crippen LogP contribution in [0, 0.1) is 0 Å². The molecular formula is C18H18ClNO. The number of hydrogen-bond donors (Lipinski definition) is 1. The van der Waals surface area contributed by atoms with E-state index in [9.17, 15) is 4.79 Å². The fraction of sp³-hybridized carbons (Fsp3) is 0.278. The Morgan fingerprint density at radius 2 is 1.81 bits per heavy atom. The fourth-order valence-corrected chi connectivity index (χ4v) is 3.23. The van der Waals surface area contributed by atoms with Gasteiger partial charge in [-0.3, -0.25) is 4.79 Å². The summed E-state index contributed by atoms with van der Waals surface area (Å²) in [6, 6.07) is 18.2. The smallest absolute Gasteiger partial charge is 0.220 e. The summed E-state index contributed by atoms with van der Waals surface area (Å²) in [6.07, 6.45) is 2.07. The van der Waals surface area contributed by atoms with Crippen molar-refractivity contribution in [3.63, 3.8) is 0 Å². The number of amides is 1. The molecule has 2 aromatic carbocycles. The number of fused-ring (bicyclic) bond motifs is 1. The van der Waals surface area contributed by atoms with Gasteiger partial charge in [0.25, 0.3) is 0 Å². The Bertz CT molecular complexity index is 626. The molecule has 2 aromatic rings. The SMILES string of the molecule is O=C(CCc1ccccc1)NC1c2ccccc2CC1Cl. The quantitative estimate of drug-likeness (QED) is 0.858. The maximum absolute atomic E-state index is 12.2. The molecule has 0 radical (unpaired) electrons. The molecule has 2 nitrogen and oxygen atoms in total. The Morgan fingerprint density at radius 1 is 1.10 bits per heavy atom. The second kappa shape index (κ2) is 6.31. The zero-order valence-corrected chi connectivity index (χ0v) is 12.5. The van der Waals surface area contributed by atoms with Gasteiger partial charge in [-0.2, -0.15) is 0 Å². The summed E-state index contributed by atoms with van der Waals surface area (Å²) in [5.74, 6) is 0.0613. The van der Waals surface area contributed by atoms with Crippen LogP contribution in [0.15, 0.2) is 54.6 Å². The first-order chi connectivity index (χ1) is 10.2. The van der Waals surface area contributed by atoms with Crippen molar-refractivity contribution in [3.8, 4) is 0 Å². The summed E-state index contributed by atoms with van der Waals surface area (Å²) in [4.78, 5) is 12.2. The first-order valence-corrected chi connectivity index (χ1v) is 7.73. The summed E-state index contributed by atoms with van der Waals surface area (Å²) in [5, 5.41) is 3.03. The predicted molar refractivity (Wildman–Crippen MR) is 85.4 cm³/mol. The molecule has 2 atom stereocenters. The molecule has 3 rings (SSSR count). The largest absolute Gasteiger partial charge is 0.348 e. The van der Waals surface area contributed by atoms with Gasteiger partial charge in [-0.1, -0.05) is 54.6 Å². The molecule has 2 unspecified atom stereocenters. The molecule has 1 aliphatic carbocycles. The highest BCUT2D eigenvalue weighted by Gasteiger charge is 2.31. The summed E-state index contributed by atoms with van der Waals surface area (Å²) in [5.41, 5.74) is 3.58. The minimum Gasteiger partial charge on any atom is -0.348 e. The van der Waals surface area contributed by atoms with Gasteiger partial charge in [-0.15, -0.1) is 11.6 Å². The van der Waals surface area contributed by atoms with Gasteiger partial charge in [0.2, 0.25) is 5.91 Å². The number of hydrogen-bond acceptors (Lipinski definition) is 1. The van der Waals surface area contributed by atoms with Gasteiger partial charge in [-0.25, -0.2) is 0 Å². The Morgan fingerprint density at radius 3 is 2.62 bits per heavy atom. The van der Waals surface area contributed by atoms with Crippen molar-refractivity contribution in [1.82, 2.24) is 5.32 Å². The van der Waals surface area contributed by atoms with Gasteiger partial charge in [0.15, 0.2) is 0 Å². The fourth-order valence-electron chi connectivity index (χ4n) is 2.86. The molecular weight excluding hydrogens is 282 g/mol. The van der Waals surface area contributed by atoms with Crippen molar-refractivity contribution in [1.29, 1.82) is 0 Å². The van der Waals surface area contributed by atoms with E-state index in [1.807, 2.05) is 42.5 Å². The zero-order valence-electron chi connectivity index (χ0n) is 11.8. The van der Waals surface area contributed by atoms with E-state index in [-0.39, 0.29) is 17.3 Å². The topological polar surface area (TPSA) is 29.1 Å². The highest BCUT2D eigenvalue weighted by atomic mass is 35.5. The van der Waals surface area contributed by atoms with Crippen LogP contribution in [0.25, 0.3) is 0 Å². The van der Waals surface area contributed by atoms with Crippen LogP contribution in [0.3, 0.4) is 0 Å². The molecule has 21 heavy (non-hydrogen) atoms. The van der Waals surface area contributed by atoms with Gasteiger partial charge in [0, 0.05) is 6.42 Å². The van der Waals surface area contributed by atoms with Crippen LogP contribution in [-0.4, -0.2) is 11.3 Å². The number of carbonyl (C=O) groups is 1. The van der Waals surface area contributed by atoms with E-state index in [1.165, 1.54) is 11.1 Å². The number of benzene rings is 2. The highest BCUT2D eigenvalue weighted by Crippen LogP contribution is 2.34. The van der Waals surface area contributed by atoms with Crippen molar-refractivity contribution >= 4 is 17.5 Å². The average molecular weight is 300 g/mol. The lowest BCUT2D eigenvalue weighted by atomic mass is 10.1. The van der Waals surface area contributed by atoms with Crippen molar-refractivity contribution < 1.29 is 4.79 Å². The lowest BCUT2D eigenvalue weighted by Gasteiger charge is -2.17. The van der Waals surface area contributed by atoms with E-state index in [0.29, 0.717) is 6.42 Å². The third-order valence-electron chi connectivity index (χ3n) is 3.97. The van der Waals surface area contributed by atoms with Crippen LogP contribution < -0.4 is 5.32 Å². The molecule has 0 aliphatic heterocycles. The van der Waals surface area contributed by atoms with Crippen LogP contribution in [0.5, 0.6) is 0 Å². The summed E-state index contributed by atoms with van der Waals surface area (Å²) < 4.78 is 0. The number of rotatable bonds is 4. The minimum absolute atomic E-state index is 0.0527. The van der Waals surface area contributed by atoms with Crippen LogP contribution in [0.1, 0.15) is 29.2 Å². The molecule has 0 saturated heterocycles. The Kier molecular flexibility index (Phi) is 4.26. The van der Waals surface area contributed by atoms with Crippen molar-refractivity contribution in [3.05, 3.63) is 71.3 Å².